The van der Waals surface area contributed by atoms with Crippen molar-refractivity contribution >= 4 is 28.3 Å². The number of hydrogen-bond acceptors (Lipinski definition) is 2. The molecular weight excluding hydrogens is 236 g/mol. The first-order valence-corrected chi connectivity index (χ1v) is 5.87. The van der Waals surface area contributed by atoms with Gasteiger partial charge in [0.2, 0.25) is 0 Å². The summed E-state index contributed by atoms with van der Waals surface area (Å²) in [6, 6.07) is 9.57. The molecule has 0 saturated heterocycles. The van der Waals surface area contributed by atoms with E-state index >= 15 is 0 Å². The maximum atomic E-state index is 11.7. The molecular formula is C14H13ClO2. The van der Waals surface area contributed by atoms with Crippen molar-refractivity contribution in [3.05, 3.63) is 46.5 Å². The molecule has 0 spiro atoms. The Bertz CT molecular complexity index is 576. The highest BCUT2D eigenvalue weighted by atomic mass is 35.5. The van der Waals surface area contributed by atoms with E-state index in [4.69, 9.17) is 16.3 Å². The van der Waals surface area contributed by atoms with Gasteiger partial charge >= 0.3 is 5.97 Å². The second-order valence-corrected chi connectivity index (χ2v) is 4.25. The van der Waals surface area contributed by atoms with Crippen molar-refractivity contribution < 1.29 is 9.53 Å². The van der Waals surface area contributed by atoms with E-state index in [2.05, 4.69) is 0 Å². The van der Waals surface area contributed by atoms with Crippen molar-refractivity contribution in [1.29, 1.82) is 0 Å². The number of rotatable bonds is 2. The zero-order chi connectivity index (χ0) is 12.4. The number of halogens is 1. The van der Waals surface area contributed by atoms with E-state index in [0.717, 1.165) is 16.3 Å². The van der Waals surface area contributed by atoms with Gasteiger partial charge in [-0.05, 0) is 31.4 Å². The second-order valence-electron chi connectivity index (χ2n) is 3.87. The molecule has 0 bridgehead atoms. The lowest BCUT2D eigenvalue weighted by molar-refractivity contribution is 0.0527. The van der Waals surface area contributed by atoms with Crippen LogP contribution >= 0.6 is 11.6 Å². The second kappa shape index (κ2) is 4.76. The molecule has 2 aromatic carbocycles. The summed E-state index contributed by atoms with van der Waals surface area (Å²) >= 11 is 6.24. The monoisotopic (exact) mass is 248 g/mol. The fourth-order valence-electron chi connectivity index (χ4n) is 1.76. The summed E-state index contributed by atoms with van der Waals surface area (Å²) in [7, 11) is 0. The van der Waals surface area contributed by atoms with Gasteiger partial charge in [0.1, 0.15) is 0 Å². The Morgan fingerprint density at radius 3 is 2.71 bits per heavy atom. The number of carbonyl (C=O) groups excluding carboxylic acids is 1. The van der Waals surface area contributed by atoms with E-state index in [9.17, 15) is 4.79 Å². The van der Waals surface area contributed by atoms with Crippen molar-refractivity contribution in [2.45, 2.75) is 13.8 Å². The van der Waals surface area contributed by atoms with E-state index < -0.39 is 0 Å². The van der Waals surface area contributed by atoms with Crippen LogP contribution in [0.1, 0.15) is 22.8 Å². The molecule has 3 heteroatoms. The van der Waals surface area contributed by atoms with Crippen LogP contribution in [0.15, 0.2) is 30.3 Å². The molecule has 0 amide bonds. The van der Waals surface area contributed by atoms with Gasteiger partial charge in [-0.15, -0.1) is 0 Å². The number of carbonyl (C=O) groups is 1. The molecule has 0 aliphatic heterocycles. The summed E-state index contributed by atoms with van der Waals surface area (Å²) in [4.78, 5) is 11.7. The number of esters is 1. The van der Waals surface area contributed by atoms with Crippen LogP contribution in [0.4, 0.5) is 0 Å². The molecule has 0 radical (unpaired) electrons. The average molecular weight is 249 g/mol. The fourth-order valence-corrected chi connectivity index (χ4v) is 2.07. The van der Waals surface area contributed by atoms with Crippen molar-refractivity contribution in [2.24, 2.45) is 0 Å². The van der Waals surface area contributed by atoms with E-state index in [-0.39, 0.29) is 5.97 Å². The van der Waals surface area contributed by atoms with Gasteiger partial charge in [0, 0.05) is 5.39 Å². The minimum atomic E-state index is -0.374. The maximum Gasteiger partial charge on any atom is 0.339 e. The Morgan fingerprint density at radius 1 is 1.29 bits per heavy atom. The molecule has 2 aromatic rings. The van der Waals surface area contributed by atoms with Crippen LogP contribution in [0.5, 0.6) is 0 Å². The van der Waals surface area contributed by atoms with Gasteiger partial charge in [-0.1, -0.05) is 35.4 Å². The lowest BCUT2D eigenvalue weighted by atomic mass is 10.0. The van der Waals surface area contributed by atoms with Crippen molar-refractivity contribution in [3.63, 3.8) is 0 Å². The van der Waals surface area contributed by atoms with Crippen molar-refractivity contribution in [2.75, 3.05) is 6.61 Å². The van der Waals surface area contributed by atoms with Gasteiger partial charge in [-0.2, -0.15) is 0 Å². The van der Waals surface area contributed by atoms with Gasteiger partial charge in [-0.3, -0.25) is 0 Å². The number of benzene rings is 2. The first kappa shape index (κ1) is 11.9. The Hall–Kier alpha value is -1.54. The predicted molar refractivity (Wildman–Crippen MR) is 69.7 cm³/mol. The van der Waals surface area contributed by atoms with E-state index in [1.807, 2.05) is 31.2 Å². The van der Waals surface area contributed by atoms with Gasteiger partial charge in [-0.25, -0.2) is 4.79 Å². The van der Waals surface area contributed by atoms with Crippen LogP contribution < -0.4 is 0 Å². The number of ether oxygens (including phenoxy) is 1. The largest absolute Gasteiger partial charge is 0.462 e. The standard InChI is InChI=1S/C14H13ClO2/c1-3-17-14(16)11-7-6-10-5-4-9(2)8-12(10)13(11)15/h4-8H,3H2,1-2H3. The summed E-state index contributed by atoms with van der Waals surface area (Å²) in [5.74, 6) is -0.374. The number of aryl methyl sites for hydroxylation is 1. The minimum absolute atomic E-state index is 0.348. The van der Waals surface area contributed by atoms with Crippen LogP contribution in [0.3, 0.4) is 0 Å². The molecule has 0 unspecified atom stereocenters. The molecule has 0 aromatic heterocycles. The Labute approximate surface area is 105 Å². The molecule has 0 fully saturated rings. The predicted octanol–water partition coefficient (Wildman–Crippen LogP) is 3.98. The lowest BCUT2D eigenvalue weighted by Crippen LogP contribution is -2.05. The van der Waals surface area contributed by atoms with Crippen molar-refractivity contribution in [1.82, 2.24) is 0 Å². The molecule has 0 aliphatic carbocycles. The summed E-state index contributed by atoms with van der Waals surface area (Å²) in [5, 5.41) is 2.37. The molecule has 0 saturated carbocycles. The van der Waals surface area contributed by atoms with E-state index in [1.165, 1.54) is 0 Å². The highest BCUT2D eigenvalue weighted by molar-refractivity contribution is 6.38. The normalized spacial score (nSPS) is 10.5. The topological polar surface area (TPSA) is 26.3 Å². The van der Waals surface area contributed by atoms with Gasteiger partial charge < -0.3 is 4.74 Å². The number of fused-ring (bicyclic) bond motifs is 1. The first-order chi connectivity index (χ1) is 8.13. The molecule has 17 heavy (non-hydrogen) atoms. The highest BCUT2D eigenvalue weighted by Gasteiger charge is 2.13. The van der Waals surface area contributed by atoms with Crippen molar-refractivity contribution in [3.8, 4) is 0 Å². The van der Waals surface area contributed by atoms with E-state index in [1.54, 1.807) is 13.0 Å². The lowest BCUT2D eigenvalue weighted by Gasteiger charge is -2.07. The smallest absolute Gasteiger partial charge is 0.339 e. The van der Waals surface area contributed by atoms with Gasteiger partial charge in [0.05, 0.1) is 17.2 Å². The third-order valence-corrected chi connectivity index (χ3v) is 3.01. The number of hydrogen-bond donors (Lipinski definition) is 0. The van der Waals surface area contributed by atoms with E-state index in [0.29, 0.717) is 17.2 Å². The van der Waals surface area contributed by atoms with Crippen LogP contribution in [0.25, 0.3) is 10.8 Å². The third kappa shape index (κ3) is 2.27. The Balaban J connectivity index is 2.60. The summed E-state index contributed by atoms with van der Waals surface area (Å²) in [6.45, 7) is 4.12. The maximum absolute atomic E-state index is 11.7. The molecule has 2 rings (SSSR count). The molecule has 0 N–H and O–H groups in total. The molecule has 0 atom stereocenters. The van der Waals surface area contributed by atoms with Crippen LogP contribution in [-0.2, 0) is 4.74 Å². The first-order valence-electron chi connectivity index (χ1n) is 5.49. The molecule has 0 heterocycles. The summed E-state index contributed by atoms with van der Waals surface area (Å²) < 4.78 is 4.96. The quantitative estimate of drug-likeness (QED) is 0.752. The fraction of sp³-hybridized carbons (Fsp3) is 0.214. The van der Waals surface area contributed by atoms with Gasteiger partial charge in [0.25, 0.3) is 0 Å². The molecule has 0 aliphatic rings. The third-order valence-electron chi connectivity index (χ3n) is 2.61. The highest BCUT2D eigenvalue weighted by Crippen LogP contribution is 2.28. The zero-order valence-corrected chi connectivity index (χ0v) is 10.5. The van der Waals surface area contributed by atoms with Crippen LogP contribution in [0.2, 0.25) is 5.02 Å². The van der Waals surface area contributed by atoms with Gasteiger partial charge in [0.15, 0.2) is 0 Å². The zero-order valence-electron chi connectivity index (χ0n) is 9.79. The SMILES string of the molecule is CCOC(=O)c1ccc2ccc(C)cc2c1Cl. The van der Waals surface area contributed by atoms with Crippen LogP contribution in [-0.4, -0.2) is 12.6 Å². The molecule has 88 valence electrons. The Morgan fingerprint density at radius 2 is 2.00 bits per heavy atom. The summed E-state index contributed by atoms with van der Waals surface area (Å²) in [5.41, 5.74) is 1.53. The summed E-state index contributed by atoms with van der Waals surface area (Å²) in [6.07, 6.45) is 0. The minimum Gasteiger partial charge on any atom is -0.462 e. The Kier molecular flexibility index (Phi) is 3.34. The average Bonchev–Trinajstić information content (AvgIpc) is 2.30. The van der Waals surface area contributed by atoms with Crippen LogP contribution in [0, 0.1) is 6.92 Å². The molecule has 2 nitrogen and oxygen atoms in total.